The van der Waals surface area contributed by atoms with Crippen molar-refractivity contribution in [3.8, 4) is 6.07 Å². The minimum Gasteiger partial charge on any atom is -0.378 e. The molecule has 0 bridgehead atoms. The van der Waals surface area contributed by atoms with Gasteiger partial charge in [-0.05, 0) is 49.4 Å². The summed E-state index contributed by atoms with van der Waals surface area (Å²) in [5.74, 6) is -0.324. The molecule has 0 unspecified atom stereocenters. The van der Waals surface area contributed by atoms with Crippen molar-refractivity contribution in [3.05, 3.63) is 51.4 Å². The maximum absolute atomic E-state index is 13.3. The van der Waals surface area contributed by atoms with Crippen molar-refractivity contribution in [1.82, 2.24) is 4.90 Å². The average molecular weight is 395 g/mol. The van der Waals surface area contributed by atoms with Gasteiger partial charge in [0.05, 0.1) is 30.4 Å². The van der Waals surface area contributed by atoms with E-state index in [0.717, 1.165) is 31.2 Å². The largest absolute Gasteiger partial charge is 0.378 e. The molecule has 2 aromatic rings. The lowest BCUT2D eigenvalue weighted by Crippen LogP contribution is -2.41. The molecule has 0 spiro atoms. The number of morpholine rings is 1. The highest BCUT2D eigenvalue weighted by atomic mass is 32.1. The van der Waals surface area contributed by atoms with E-state index in [2.05, 4.69) is 5.32 Å². The highest BCUT2D eigenvalue weighted by molar-refractivity contribution is 7.17. The van der Waals surface area contributed by atoms with Gasteiger partial charge < -0.3 is 15.0 Å². The molecule has 4 rings (SSSR count). The van der Waals surface area contributed by atoms with E-state index in [0.29, 0.717) is 48.0 Å². The van der Waals surface area contributed by atoms with E-state index in [4.69, 9.17) is 10.00 Å². The van der Waals surface area contributed by atoms with Gasteiger partial charge in [0.25, 0.3) is 11.8 Å². The Labute approximate surface area is 167 Å². The summed E-state index contributed by atoms with van der Waals surface area (Å²) in [4.78, 5) is 29.1. The third-order valence-corrected chi connectivity index (χ3v) is 6.37. The Morgan fingerprint density at radius 2 is 1.96 bits per heavy atom. The van der Waals surface area contributed by atoms with Crippen LogP contribution in [0.3, 0.4) is 0 Å². The van der Waals surface area contributed by atoms with Crippen LogP contribution < -0.4 is 5.32 Å². The van der Waals surface area contributed by atoms with Crippen LogP contribution in [0, 0.1) is 11.3 Å². The first-order valence-electron chi connectivity index (χ1n) is 9.50. The summed E-state index contributed by atoms with van der Waals surface area (Å²) in [7, 11) is 0. The van der Waals surface area contributed by atoms with E-state index in [-0.39, 0.29) is 11.8 Å². The molecular formula is C21H21N3O3S. The Hall–Kier alpha value is -2.69. The molecule has 1 aliphatic heterocycles. The number of benzene rings is 1. The van der Waals surface area contributed by atoms with Crippen molar-refractivity contribution in [2.24, 2.45) is 0 Å². The van der Waals surface area contributed by atoms with Crippen LogP contribution in [0.5, 0.6) is 0 Å². The first kappa shape index (κ1) is 18.7. The van der Waals surface area contributed by atoms with Crippen LogP contribution in [0.4, 0.5) is 5.00 Å². The number of hydrogen-bond donors (Lipinski definition) is 1. The lowest BCUT2D eigenvalue weighted by atomic mass is 9.95. The molecule has 0 saturated carbocycles. The predicted octanol–water partition coefficient (Wildman–Crippen LogP) is 3.22. The van der Waals surface area contributed by atoms with Gasteiger partial charge in [-0.25, -0.2) is 0 Å². The van der Waals surface area contributed by atoms with E-state index >= 15 is 0 Å². The van der Waals surface area contributed by atoms with Crippen LogP contribution in [0.2, 0.25) is 0 Å². The number of amides is 2. The standard InChI is InChI=1S/C21H21N3O3S/c22-13-14-4-3-5-15(12-14)19(25)23-20-18(16-6-1-2-7-17(16)28-20)21(26)24-8-10-27-11-9-24/h3-5,12H,1-2,6-11H2,(H,23,25). The number of ether oxygens (including phenoxy) is 1. The molecule has 1 aliphatic carbocycles. The Balaban J connectivity index is 1.66. The summed E-state index contributed by atoms with van der Waals surface area (Å²) in [6.45, 7) is 2.23. The Morgan fingerprint density at radius 3 is 2.75 bits per heavy atom. The van der Waals surface area contributed by atoms with Crippen molar-refractivity contribution in [3.63, 3.8) is 0 Å². The highest BCUT2D eigenvalue weighted by Gasteiger charge is 2.30. The monoisotopic (exact) mass is 395 g/mol. The van der Waals surface area contributed by atoms with Crippen LogP contribution in [0.15, 0.2) is 24.3 Å². The zero-order chi connectivity index (χ0) is 19.5. The second kappa shape index (κ2) is 8.13. The molecule has 6 nitrogen and oxygen atoms in total. The normalized spacial score (nSPS) is 16.2. The summed E-state index contributed by atoms with van der Waals surface area (Å²) < 4.78 is 5.37. The van der Waals surface area contributed by atoms with Crippen molar-refractivity contribution < 1.29 is 14.3 Å². The summed E-state index contributed by atoms with van der Waals surface area (Å²) in [5, 5.41) is 12.6. The summed E-state index contributed by atoms with van der Waals surface area (Å²) in [5.41, 5.74) is 2.58. The lowest BCUT2D eigenvalue weighted by Gasteiger charge is -2.27. The van der Waals surface area contributed by atoms with E-state index in [9.17, 15) is 9.59 Å². The molecule has 0 radical (unpaired) electrons. The molecular weight excluding hydrogens is 374 g/mol. The van der Waals surface area contributed by atoms with Crippen LogP contribution in [-0.4, -0.2) is 43.0 Å². The molecule has 7 heteroatoms. The Kier molecular flexibility index (Phi) is 5.42. The molecule has 1 saturated heterocycles. The smallest absolute Gasteiger partial charge is 0.257 e. The molecule has 1 N–H and O–H groups in total. The quantitative estimate of drug-likeness (QED) is 0.865. The molecule has 2 amide bonds. The van der Waals surface area contributed by atoms with Gasteiger partial charge in [-0.1, -0.05) is 6.07 Å². The highest BCUT2D eigenvalue weighted by Crippen LogP contribution is 2.39. The van der Waals surface area contributed by atoms with E-state index in [1.54, 1.807) is 24.3 Å². The van der Waals surface area contributed by atoms with Crippen LogP contribution in [-0.2, 0) is 17.6 Å². The van der Waals surface area contributed by atoms with Crippen molar-refractivity contribution in [1.29, 1.82) is 5.26 Å². The number of fused-ring (bicyclic) bond motifs is 1. The number of nitrogens with one attached hydrogen (secondary N) is 1. The number of aryl methyl sites for hydroxylation is 1. The Bertz CT molecular complexity index is 954. The minimum absolute atomic E-state index is 0.0243. The van der Waals surface area contributed by atoms with Gasteiger partial charge in [0.2, 0.25) is 0 Å². The van der Waals surface area contributed by atoms with E-state index in [1.807, 2.05) is 11.0 Å². The number of rotatable bonds is 3. The predicted molar refractivity (Wildman–Crippen MR) is 107 cm³/mol. The Morgan fingerprint density at radius 1 is 1.18 bits per heavy atom. The maximum Gasteiger partial charge on any atom is 0.257 e. The zero-order valence-electron chi connectivity index (χ0n) is 15.5. The topological polar surface area (TPSA) is 82.4 Å². The van der Waals surface area contributed by atoms with E-state index in [1.165, 1.54) is 16.2 Å². The number of thiophene rings is 1. The number of anilines is 1. The van der Waals surface area contributed by atoms with Gasteiger partial charge >= 0.3 is 0 Å². The summed E-state index contributed by atoms with van der Waals surface area (Å²) in [6.07, 6.45) is 3.99. The molecule has 28 heavy (non-hydrogen) atoms. The molecule has 144 valence electrons. The molecule has 0 atom stereocenters. The minimum atomic E-state index is -0.299. The molecule has 2 aliphatic rings. The fraction of sp³-hybridized carbons (Fsp3) is 0.381. The number of carbonyl (C=O) groups is 2. The fourth-order valence-corrected chi connectivity index (χ4v) is 4.99. The number of hydrogen-bond acceptors (Lipinski definition) is 5. The number of nitrogens with zero attached hydrogens (tertiary/aromatic N) is 2. The molecule has 2 heterocycles. The van der Waals surface area contributed by atoms with Crippen LogP contribution in [0.1, 0.15) is 49.6 Å². The van der Waals surface area contributed by atoms with Gasteiger partial charge in [0, 0.05) is 23.5 Å². The van der Waals surface area contributed by atoms with Gasteiger partial charge in [-0.3, -0.25) is 9.59 Å². The molecule has 1 fully saturated rings. The number of carbonyl (C=O) groups excluding carboxylic acids is 2. The average Bonchev–Trinajstić information content (AvgIpc) is 3.11. The van der Waals surface area contributed by atoms with Crippen molar-refractivity contribution in [2.45, 2.75) is 25.7 Å². The lowest BCUT2D eigenvalue weighted by molar-refractivity contribution is 0.0303. The van der Waals surface area contributed by atoms with Crippen molar-refractivity contribution in [2.75, 3.05) is 31.6 Å². The second-order valence-electron chi connectivity index (χ2n) is 6.97. The SMILES string of the molecule is N#Cc1cccc(C(=O)Nc2sc3c(c2C(=O)N2CCOCC2)CCCC3)c1. The van der Waals surface area contributed by atoms with Gasteiger partial charge in [-0.2, -0.15) is 5.26 Å². The fourth-order valence-electron chi connectivity index (χ4n) is 3.71. The van der Waals surface area contributed by atoms with Gasteiger partial charge in [-0.15, -0.1) is 11.3 Å². The molecule has 1 aromatic heterocycles. The van der Waals surface area contributed by atoms with Crippen molar-refractivity contribution >= 4 is 28.2 Å². The van der Waals surface area contributed by atoms with Crippen LogP contribution in [0.25, 0.3) is 0 Å². The summed E-state index contributed by atoms with van der Waals surface area (Å²) >= 11 is 1.51. The second-order valence-corrected chi connectivity index (χ2v) is 8.07. The third-order valence-electron chi connectivity index (χ3n) is 5.16. The maximum atomic E-state index is 13.3. The first-order valence-corrected chi connectivity index (χ1v) is 10.3. The number of nitriles is 1. The first-order chi connectivity index (χ1) is 13.7. The van der Waals surface area contributed by atoms with E-state index < -0.39 is 0 Å². The third kappa shape index (κ3) is 3.66. The molecule has 1 aromatic carbocycles. The zero-order valence-corrected chi connectivity index (χ0v) is 16.3. The van der Waals surface area contributed by atoms with Crippen LogP contribution >= 0.6 is 11.3 Å². The van der Waals surface area contributed by atoms with Gasteiger partial charge in [0.1, 0.15) is 5.00 Å². The summed E-state index contributed by atoms with van der Waals surface area (Å²) in [6, 6.07) is 8.63. The van der Waals surface area contributed by atoms with Gasteiger partial charge in [0.15, 0.2) is 0 Å².